The van der Waals surface area contributed by atoms with Crippen LogP contribution in [0.1, 0.15) is 15.9 Å². The Morgan fingerprint density at radius 1 is 1.27 bits per heavy atom. The Morgan fingerprint density at radius 2 is 1.93 bits per heavy atom. The number of aliphatic imine (C=N–C) groups is 1. The molecule has 1 heterocycles. The molecule has 0 radical (unpaired) electrons. The van der Waals surface area contributed by atoms with Gasteiger partial charge in [-0.15, -0.1) is 0 Å². The third-order valence-corrected chi connectivity index (χ3v) is 2.23. The first-order chi connectivity index (χ1) is 6.89. The molecule has 2 rings (SSSR count). The highest BCUT2D eigenvalue weighted by Gasteiger charge is 2.33. The molecule has 1 aliphatic rings. The van der Waals surface area contributed by atoms with E-state index in [4.69, 9.17) is 11.6 Å². The van der Waals surface area contributed by atoms with Gasteiger partial charge in [0.2, 0.25) is 5.78 Å². The second-order valence-electron chi connectivity index (χ2n) is 2.96. The number of ketones is 1. The molecule has 0 amide bonds. The van der Waals surface area contributed by atoms with Crippen molar-refractivity contribution in [3.63, 3.8) is 0 Å². The summed E-state index contributed by atoms with van der Waals surface area (Å²) in [5, 5.41) is -0.302. The Kier molecular flexibility index (Phi) is 2.08. The molecule has 0 saturated carbocycles. The summed E-state index contributed by atoms with van der Waals surface area (Å²) in [5.74, 6) is -0.669. The van der Waals surface area contributed by atoms with Crippen LogP contribution >= 0.6 is 11.6 Å². The Bertz CT molecular complexity index is 479. The predicted octanol–water partition coefficient (Wildman–Crippen LogP) is 3.17. The fraction of sp³-hybridized carbons (Fsp3) is 0.111. The van der Waals surface area contributed by atoms with E-state index in [0.29, 0.717) is 0 Å². The van der Waals surface area contributed by atoms with Crippen molar-refractivity contribution in [3.05, 3.63) is 29.3 Å². The molecule has 1 aromatic rings. The summed E-state index contributed by atoms with van der Waals surface area (Å²) in [6, 6.07) is 2.76. The van der Waals surface area contributed by atoms with Crippen LogP contribution in [-0.4, -0.2) is 11.0 Å². The number of hydrogen-bond acceptors (Lipinski definition) is 2. The number of benzene rings is 1. The third kappa shape index (κ3) is 1.63. The van der Waals surface area contributed by atoms with E-state index in [1.165, 1.54) is 0 Å². The van der Waals surface area contributed by atoms with Crippen LogP contribution in [0, 0.1) is 0 Å². The standard InChI is InChI=1S/C9H3ClF3NO/c10-8-7(15)5-3-4(9(11,12)13)1-2-6(5)14-8/h1-3H. The van der Waals surface area contributed by atoms with Crippen molar-refractivity contribution in [3.8, 4) is 0 Å². The van der Waals surface area contributed by atoms with Crippen LogP contribution in [0.15, 0.2) is 23.2 Å². The van der Waals surface area contributed by atoms with Gasteiger partial charge >= 0.3 is 6.18 Å². The van der Waals surface area contributed by atoms with E-state index >= 15 is 0 Å². The van der Waals surface area contributed by atoms with Gasteiger partial charge in [-0.05, 0) is 18.2 Å². The summed E-state index contributed by atoms with van der Waals surface area (Å²) < 4.78 is 36.9. The molecular weight excluding hydrogens is 231 g/mol. The van der Waals surface area contributed by atoms with Crippen molar-refractivity contribution in [2.75, 3.05) is 0 Å². The van der Waals surface area contributed by atoms with E-state index in [2.05, 4.69) is 4.99 Å². The lowest BCUT2D eigenvalue weighted by Crippen LogP contribution is -2.07. The SMILES string of the molecule is O=C1C(Cl)=Nc2ccc(C(F)(F)F)cc21. The molecule has 0 unspecified atom stereocenters. The van der Waals surface area contributed by atoms with Crippen LogP contribution in [-0.2, 0) is 6.18 Å². The average molecular weight is 234 g/mol. The summed E-state index contributed by atoms with van der Waals surface area (Å²) in [6.07, 6.45) is -4.47. The molecule has 6 heteroatoms. The second kappa shape index (κ2) is 3.06. The molecule has 0 spiro atoms. The smallest absolute Gasteiger partial charge is 0.286 e. The van der Waals surface area contributed by atoms with E-state index in [1.807, 2.05) is 0 Å². The average Bonchev–Trinajstić information content (AvgIpc) is 2.41. The zero-order valence-electron chi connectivity index (χ0n) is 7.10. The summed E-state index contributed by atoms with van der Waals surface area (Å²) in [6.45, 7) is 0. The third-order valence-electron chi connectivity index (χ3n) is 1.97. The minimum Gasteiger partial charge on any atom is -0.286 e. The van der Waals surface area contributed by atoms with Crippen molar-refractivity contribution < 1.29 is 18.0 Å². The normalized spacial score (nSPS) is 15.2. The fourth-order valence-corrected chi connectivity index (χ4v) is 1.45. The highest BCUT2D eigenvalue weighted by Crippen LogP contribution is 2.35. The lowest BCUT2D eigenvalue weighted by Gasteiger charge is -2.06. The van der Waals surface area contributed by atoms with Crippen molar-refractivity contribution in [2.24, 2.45) is 4.99 Å². The molecule has 2 nitrogen and oxygen atoms in total. The Morgan fingerprint density at radius 3 is 2.53 bits per heavy atom. The Balaban J connectivity index is 2.53. The minimum atomic E-state index is -4.47. The molecule has 1 aromatic carbocycles. The van der Waals surface area contributed by atoms with E-state index in [0.717, 1.165) is 18.2 Å². The summed E-state index contributed by atoms with van der Waals surface area (Å²) in [5.41, 5.74) is -0.802. The van der Waals surface area contributed by atoms with Crippen molar-refractivity contribution >= 4 is 28.2 Å². The number of nitrogens with zero attached hydrogens (tertiary/aromatic N) is 1. The first kappa shape index (κ1) is 10.2. The monoisotopic (exact) mass is 233 g/mol. The predicted molar refractivity (Wildman–Crippen MR) is 48.7 cm³/mol. The quantitative estimate of drug-likeness (QED) is 0.677. The van der Waals surface area contributed by atoms with Gasteiger partial charge in [0.25, 0.3) is 0 Å². The maximum atomic E-state index is 12.3. The number of alkyl halides is 3. The largest absolute Gasteiger partial charge is 0.416 e. The lowest BCUT2D eigenvalue weighted by molar-refractivity contribution is -0.137. The Labute approximate surface area is 87.4 Å². The van der Waals surface area contributed by atoms with E-state index in [1.54, 1.807) is 0 Å². The van der Waals surface area contributed by atoms with Crippen LogP contribution in [0.25, 0.3) is 0 Å². The molecule has 15 heavy (non-hydrogen) atoms. The van der Waals surface area contributed by atoms with Gasteiger partial charge in [0, 0.05) is 0 Å². The molecule has 78 valence electrons. The fourth-order valence-electron chi connectivity index (χ4n) is 1.26. The zero-order chi connectivity index (χ0) is 11.2. The molecule has 0 aliphatic carbocycles. The highest BCUT2D eigenvalue weighted by molar-refractivity contribution is 6.86. The first-order valence-corrected chi connectivity index (χ1v) is 4.27. The molecule has 0 aromatic heterocycles. The molecule has 0 N–H and O–H groups in total. The molecule has 0 bridgehead atoms. The number of carbonyl (C=O) groups is 1. The van der Waals surface area contributed by atoms with Gasteiger partial charge in [-0.1, -0.05) is 11.6 Å². The van der Waals surface area contributed by atoms with E-state index in [9.17, 15) is 18.0 Å². The van der Waals surface area contributed by atoms with Crippen LogP contribution in [0.4, 0.5) is 18.9 Å². The molecule has 0 atom stereocenters. The summed E-state index contributed by atoms with van der Waals surface area (Å²) in [4.78, 5) is 14.9. The number of halogens is 4. The van der Waals surface area contributed by atoms with Gasteiger partial charge in [-0.25, -0.2) is 4.99 Å². The number of rotatable bonds is 0. The van der Waals surface area contributed by atoms with Crippen LogP contribution < -0.4 is 0 Å². The van der Waals surface area contributed by atoms with Crippen molar-refractivity contribution in [2.45, 2.75) is 6.18 Å². The first-order valence-electron chi connectivity index (χ1n) is 3.90. The number of hydrogen-bond donors (Lipinski definition) is 0. The van der Waals surface area contributed by atoms with E-state index < -0.39 is 17.5 Å². The molecule has 0 saturated heterocycles. The van der Waals surface area contributed by atoms with Gasteiger partial charge in [0.1, 0.15) is 0 Å². The number of fused-ring (bicyclic) bond motifs is 1. The summed E-state index contributed by atoms with van der Waals surface area (Å²) >= 11 is 5.41. The van der Waals surface area contributed by atoms with Gasteiger partial charge < -0.3 is 0 Å². The lowest BCUT2D eigenvalue weighted by atomic mass is 10.1. The highest BCUT2D eigenvalue weighted by atomic mass is 35.5. The van der Waals surface area contributed by atoms with Crippen LogP contribution in [0.2, 0.25) is 0 Å². The molecular formula is C9H3ClF3NO. The van der Waals surface area contributed by atoms with Crippen LogP contribution in [0.5, 0.6) is 0 Å². The van der Waals surface area contributed by atoms with Crippen LogP contribution in [0.3, 0.4) is 0 Å². The maximum Gasteiger partial charge on any atom is 0.416 e. The molecule has 1 aliphatic heterocycles. The van der Waals surface area contributed by atoms with Gasteiger partial charge in [0.15, 0.2) is 5.17 Å². The van der Waals surface area contributed by atoms with E-state index in [-0.39, 0.29) is 16.4 Å². The summed E-state index contributed by atoms with van der Waals surface area (Å²) in [7, 11) is 0. The maximum absolute atomic E-state index is 12.3. The second-order valence-corrected chi connectivity index (χ2v) is 3.32. The van der Waals surface area contributed by atoms with Crippen molar-refractivity contribution in [1.82, 2.24) is 0 Å². The zero-order valence-corrected chi connectivity index (χ0v) is 7.86. The Hall–Kier alpha value is -1.36. The van der Waals surface area contributed by atoms with Gasteiger partial charge in [-0.3, -0.25) is 4.79 Å². The number of Topliss-reactive ketones (excluding diaryl/α,β-unsaturated/α-hetero) is 1. The minimum absolute atomic E-state index is 0.102. The van der Waals surface area contributed by atoms with Gasteiger partial charge in [0.05, 0.1) is 16.8 Å². The van der Waals surface area contributed by atoms with Crippen molar-refractivity contribution in [1.29, 1.82) is 0 Å². The topological polar surface area (TPSA) is 29.4 Å². The van der Waals surface area contributed by atoms with Gasteiger partial charge in [-0.2, -0.15) is 13.2 Å². The number of carbonyl (C=O) groups excluding carboxylic acids is 1. The molecule has 0 fully saturated rings.